The highest BCUT2D eigenvalue weighted by Gasteiger charge is 2.15. The minimum Gasteiger partial charge on any atom is -0.318 e. The number of aromatic nitrogens is 1. The highest BCUT2D eigenvalue weighted by molar-refractivity contribution is 7.11. The van der Waals surface area contributed by atoms with E-state index in [1.165, 1.54) is 10.6 Å². The summed E-state index contributed by atoms with van der Waals surface area (Å²) in [5.41, 5.74) is 8.50. The number of thiophene rings is 1. The average Bonchev–Trinajstić information content (AvgIpc) is 2.85. The van der Waals surface area contributed by atoms with E-state index in [-0.39, 0.29) is 6.04 Å². The Morgan fingerprint density at radius 3 is 2.87 bits per heavy atom. The van der Waals surface area contributed by atoms with E-state index in [1.54, 1.807) is 22.7 Å². The van der Waals surface area contributed by atoms with Gasteiger partial charge in [-0.1, -0.05) is 6.92 Å². The molecule has 0 aromatic carbocycles. The monoisotopic (exact) mass is 238 g/mol. The Bertz CT molecular complexity index is 431. The number of nitrogens with two attached hydrogens (primary N) is 1. The number of hydrogen-bond acceptors (Lipinski definition) is 4. The van der Waals surface area contributed by atoms with Crippen LogP contribution in [0.25, 0.3) is 0 Å². The van der Waals surface area contributed by atoms with Gasteiger partial charge in [0.2, 0.25) is 0 Å². The number of thiazole rings is 1. The summed E-state index contributed by atoms with van der Waals surface area (Å²) in [6, 6.07) is 2.01. The molecule has 0 saturated heterocycles. The predicted octanol–water partition coefficient (Wildman–Crippen LogP) is 3.12. The molecule has 0 bridgehead atoms. The lowest BCUT2D eigenvalue weighted by Gasteiger charge is -2.04. The Balaban J connectivity index is 2.30. The lowest BCUT2D eigenvalue weighted by atomic mass is 10.2. The van der Waals surface area contributed by atoms with Gasteiger partial charge in [0.1, 0.15) is 5.01 Å². The van der Waals surface area contributed by atoms with Gasteiger partial charge < -0.3 is 5.73 Å². The SMILES string of the molecule is CCc1nc(C(N)c2ccsc2)sc1C. The fraction of sp³-hybridized carbons (Fsp3) is 0.364. The first kappa shape index (κ1) is 10.8. The zero-order valence-corrected chi connectivity index (χ0v) is 10.5. The summed E-state index contributed by atoms with van der Waals surface area (Å²) in [5, 5.41) is 5.17. The van der Waals surface area contributed by atoms with Gasteiger partial charge in [-0.25, -0.2) is 4.98 Å². The van der Waals surface area contributed by atoms with Crippen molar-refractivity contribution in [2.45, 2.75) is 26.3 Å². The molecule has 0 radical (unpaired) electrons. The highest BCUT2D eigenvalue weighted by atomic mass is 32.1. The first-order valence-corrected chi connectivity index (χ1v) is 6.72. The fourth-order valence-electron chi connectivity index (χ4n) is 1.51. The first-order chi connectivity index (χ1) is 7.22. The summed E-state index contributed by atoms with van der Waals surface area (Å²) in [4.78, 5) is 5.87. The molecule has 0 aliphatic rings. The van der Waals surface area contributed by atoms with Crippen molar-refractivity contribution in [3.63, 3.8) is 0 Å². The third-order valence-corrected chi connectivity index (χ3v) is 4.21. The Hall–Kier alpha value is -0.710. The van der Waals surface area contributed by atoms with Crippen LogP contribution < -0.4 is 5.73 Å². The summed E-state index contributed by atoms with van der Waals surface area (Å²) in [6.07, 6.45) is 0.985. The van der Waals surface area contributed by atoms with E-state index in [0.717, 1.165) is 17.0 Å². The van der Waals surface area contributed by atoms with Crippen molar-refractivity contribution in [1.29, 1.82) is 0 Å². The maximum absolute atomic E-state index is 6.15. The molecule has 0 fully saturated rings. The molecule has 2 N–H and O–H groups in total. The van der Waals surface area contributed by atoms with E-state index in [9.17, 15) is 0 Å². The number of nitrogens with zero attached hydrogens (tertiary/aromatic N) is 1. The third-order valence-electron chi connectivity index (χ3n) is 2.41. The van der Waals surface area contributed by atoms with E-state index in [4.69, 9.17) is 5.73 Å². The Morgan fingerprint density at radius 2 is 2.33 bits per heavy atom. The minimum absolute atomic E-state index is 0.0553. The van der Waals surface area contributed by atoms with Crippen molar-refractivity contribution in [2.75, 3.05) is 0 Å². The molecule has 80 valence electrons. The van der Waals surface area contributed by atoms with Crippen molar-refractivity contribution in [1.82, 2.24) is 4.98 Å². The lowest BCUT2D eigenvalue weighted by molar-refractivity contribution is 0.848. The van der Waals surface area contributed by atoms with Crippen LogP contribution >= 0.6 is 22.7 Å². The molecule has 2 rings (SSSR count). The van der Waals surface area contributed by atoms with Crippen LogP contribution in [0.5, 0.6) is 0 Å². The van der Waals surface area contributed by atoms with Crippen LogP contribution in [0.2, 0.25) is 0 Å². The Kier molecular flexibility index (Phi) is 3.19. The normalized spacial score (nSPS) is 13.0. The molecule has 15 heavy (non-hydrogen) atoms. The third kappa shape index (κ3) is 2.12. The molecular formula is C11H14N2S2. The number of rotatable bonds is 3. The van der Waals surface area contributed by atoms with Crippen LogP contribution in [0.1, 0.15) is 34.1 Å². The highest BCUT2D eigenvalue weighted by Crippen LogP contribution is 2.27. The van der Waals surface area contributed by atoms with Crippen molar-refractivity contribution < 1.29 is 0 Å². The van der Waals surface area contributed by atoms with Gasteiger partial charge in [0, 0.05) is 4.88 Å². The summed E-state index contributed by atoms with van der Waals surface area (Å²) >= 11 is 3.39. The molecule has 0 aliphatic carbocycles. The van der Waals surface area contributed by atoms with Crippen LogP contribution in [-0.4, -0.2) is 4.98 Å². The fourth-order valence-corrected chi connectivity index (χ4v) is 3.24. The molecule has 1 atom stereocenters. The van der Waals surface area contributed by atoms with Gasteiger partial charge in [-0.15, -0.1) is 11.3 Å². The molecule has 0 saturated carbocycles. The molecule has 2 heterocycles. The minimum atomic E-state index is -0.0553. The molecule has 2 aromatic heterocycles. The lowest BCUT2D eigenvalue weighted by Crippen LogP contribution is -2.10. The van der Waals surface area contributed by atoms with Crippen molar-refractivity contribution in [3.8, 4) is 0 Å². The molecule has 2 aromatic rings. The van der Waals surface area contributed by atoms with E-state index < -0.39 is 0 Å². The Labute approximate surface area is 97.8 Å². The molecule has 1 unspecified atom stereocenters. The van der Waals surface area contributed by atoms with Crippen molar-refractivity contribution in [3.05, 3.63) is 38.0 Å². The summed E-state index contributed by atoms with van der Waals surface area (Å²) < 4.78 is 0. The van der Waals surface area contributed by atoms with Crippen molar-refractivity contribution in [2.24, 2.45) is 5.73 Å². The van der Waals surface area contributed by atoms with E-state index in [1.807, 2.05) is 0 Å². The van der Waals surface area contributed by atoms with Gasteiger partial charge in [-0.3, -0.25) is 0 Å². The van der Waals surface area contributed by atoms with Crippen LogP contribution in [-0.2, 0) is 6.42 Å². The Morgan fingerprint density at radius 1 is 1.53 bits per heavy atom. The van der Waals surface area contributed by atoms with Crippen LogP contribution in [0.4, 0.5) is 0 Å². The van der Waals surface area contributed by atoms with Gasteiger partial charge in [0.25, 0.3) is 0 Å². The summed E-state index contributed by atoms with van der Waals surface area (Å²) in [5.74, 6) is 0. The standard InChI is InChI=1S/C11H14N2S2/c1-3-9-7(2)15-11(13-9)10(12)8-4-5-14-6-8/h4-6,10H,3,12H2,1-2H3. The second kappa shape index (κ2) is 4.43. The number of aryl methyl sites for hydroxylation is 2. The van der Waals surface area contributed by atoms with Gasteiger partial charge in [0.15, 0.2) is 0 Å². The van der Waals surface area contributed by atoms with Crippen LogP contribution in [0, 0.1) is 6.92 Å². The van der Waals surface area contributed by atoms with E-state index in [0.29, 0.717) is 0 Å². The maximum atomic E-state index is 6.15. The van der Waals surface area contributed by atoms with E-state index >= 15 is 0 Å². The quantitative estimate of drug-likeness (QED) is 0.892. The predicted molar refractivity (Wildman–Crippen MR) is 66.6 cm³/mol. The maximum Gasteiger partial charge on any atom is 0.114 e. The molecular weight excluding hydrogens is 224 g/mol. The zero-order chi connectivity index (χ0) is 10.8. The smallest absolute Gasteiger partial charge is 0.114 e. The topological polar surface area (TPSA) is 38.9 Å². The van der Waals surface area contributed by atoms with Crippen molar-refractivity contribution >= 4 is 22.7 Å². The molecule has 0 amide bonds. The van der Waals surface area contributed by atoms with E-state index in [2.05, 4.69) is 35.7 Å². The molecule has 0 spiro atoms. The largest absolute Gasteiger partial charge is 0.318 e. The molecule has 0 aliphatic heterocycles. The number of hydrogen-bond donors (Lipinski definition) is 1. The summed E-state index contributed by atoms with van der Waals surface area (Å²) in [7, 11) is 0. The molecule has 2 nitrogen and oxygen atoms in total. The zero-order valence-electron chi connectivity index (χ0n) is 8.86. The molecule has 4 heteroatoms. The van der Waals surface area contributed by atoms with Gasteiger partial charge in [-0.2, -0.15) is 11.3 Å². The van der Waals surface area contributed by atoms with Gasteiger partial charge in [-0.05, 0) is 35.7 Å². The van der Waals surface area contributed by atoms with Gasteiger partial charge in [0.05, 0.1) is 11.7 Å². The van der Waals surface area contributed by atoms with Crippen LogP contribution in [0.3, 0.4) is 0 Å². The average molecular weight is 238 g/mol. The second-order valence-corrected chi connectivity index (χ2v) is 5.46. The summed E-state index contributed by atoms with van der Waals surface area (Å²) in [6.45, 7) is 4.24. The second-order valence-electron chi connectivity index (χ2n) is 3.44. The van der Waals surface area contributed by atoms with Crippen LogP contribution in [0.15, 0.2) is 16.8 Å². The first-order valence-electron chi connectivity index (χ1n) is 4.96. The van der Waals surface area contributed by atoms with Gasteiger partial charge >= 0.3 is 0 Å².